The van der Waals surface area contributed by atoms with Crippen molar-refractivity contribution in [3.63, 3.8) is 0 Å². The van der Waals surface area contributed by atoms with E-state index >= 15 is 0 Å². The minimum absolute atomic E-state index is 0.267. The lowest BCUT2D eigenvalue weighted by atomic mass is 10.1. The summed E-state index contributed by atoms with van der Waals surface area (Å²) in [4.78, 5) is 24.6. The predicted molar refractivity (Wildman–Crippen MR) is 85.1 cm³/mol. The van der Waals surface area contributed by atoms with E-state index in [2.05, 4.69) is 0 Å². The van der Waals surface area contributed by atoms with Gasteiger partial charge in [0, 0.05) is 11.1 Å². The highest BCUT2D eigenvalue weighted by Crippen LogP contribution is 2.22. The average Bonchev–Trinajstić information content (AvgIpc) is 2.79. The van der Waals surface area contributed by atoms with Crippen molar-refractivity contribution < 1.29 is 23.5 Å². The molecule has 1 aromatic carbocycles. The number of esters is 1. The number of aryl methyl sites for hydroxylation is 2. The monoisotopic (exact) mass is 316 g/mol. The molecule has 0 N–H and O–H groups in total. The quantitative estimate of drug-likeness (QED) is 0.622. The van der Waals surface area contributed by atoms with Gasteiger partial charge in [0.25, 0.3) is 0 Å². The van der Waals surface area contributed by atoms with Gasteiger partial charge in [-0.2, -0.15) is 0 Å². The van der Waals surface area contributed by atoms with Crippen LogP contribution in [0.25, 0.3) is 0 Å². The van der Waals surface area contributed by atoms with E-state index in [9.17, 15) is 9.59 Å². The first-order valence-corrected chi connectivity index (χ1v) is 7.31. The Labute approximate surface area is 135 Å². The summed E-state index contributed by atoms with van der Waals surface area (Å²) in [5, 5.41) is 0. The maximum Gasteiger partial charge on any atom is 0.342 e. The van der Waals surface area contributed by atoms with Gasteiger partial charge in [-0.3, -0.25) is 4.79 Å². The van der Waals surface area contributed by atoms with Crippen molar-refractivity contribution in [1.82, 2.24) is 0 Å². The SMILES string of the molecule is COc1ccc(C(=O)[C@H](C)OC(=O)c2c(C)oc(C)c2C)cc1. The fraction of sp³-hybridized carbons (Fsp3) is 0.333. The van der Waals surface area contributed by atoms with Crippen LogP contribution in [-0.4, -0.2) is 25.0 Å². The Hall–Kier alpha value is -2.56. The Kier molecular flexibility index (Phi) is 4.89. The van der Waals surface area contributed by atoms with Crippen LogP contribution in [0.2, 0.25) is 0 Å². The maximum absolute atomic E-state index is 12.3. The van der Waals surface area contributed by atoms with Gasteiger partial charge in [0.15, 0.2) is 6.10 Å². The zero-order valence-corrected chi connectivity index (χ0v) is 13.9. The molecule has 2 rings (SSSR count). The van der Waals surface area contributed by atoms with Crippen LogP contribution in [0.5, 0.6) is 5.75 Å². The molecule has 0 aliphatic heterocycles. The molecule has 1 heterocycles. The van der Waals surface area contributed by atoms with Gasteiger partial charge in [0.2, 0.25) is 5.78 Å². The van der Waals surface area contributed by atoms with Crippen LogP contribution in [0.4, 0.5) is 0 Å². The summed E-state index contributed by atoms with van der Waals surface area (Å²) in [6.45, 7) is 6.83. The molecule has 0 aliphatic rings. The van der Waals surface area contributed by atoms with Crippen molar-refractivity contribution in [3.8, 4) is 5.75 Å². The van der Waals surface area contributed by atoms with Gasteiger partial charge >= 0.3 is 5.97 Å². The normalized spacial score (nSPS) is 11.9. The van der Waals surface area contributed by atoms with Crippen LogP contribution in [0.15, 0.2) is 28.7 Å². The zero-order chi connectivity index (χ0) is 17.1. The molecule has 0 unspecified atom stereocenters. The van der Waals surface area contributed by atoms with Crippen molar-refractivity contribution in [2.24, 2.45) is 0 Å². The third kappa shape index (κ3) is 3.44. The number of methoxy groups -OCH3 is 1. The van der Waals surface area contributed by atoms with Crippen LogP contribution >= 0.6 is 0 Å². The number of benzene rings is 1. The molecule has 0 saturated heterocycles. The fourth-order valence-corrected chi connectivity index (χ4v) is 2.36. The highest BCUT2D eigenvalue weighted by atomic mass is 16.5. The second-order valence-electron chi connectivity index (χ2n) is 5.35. The van der Waals surface area contributed by atoms with Crippen molar-refractivity contribution >= 4 is 11.8 Å². The van der Waals surface area contributed by atoms with Crippen molar-refractivity contribution in [2.45, 2.75) is 33.8 Å². The van der Waals surface area contributed by atoms with E-state index < -0.39 is 12.1 Å². The summed E-state index contributed by atoms with van der Waals surface area (Å²) in [5.41, 5.74) is 1.58. The Morgan fingerprint density at radius 1 is 1.04 bits per heavy atom. The minimum atomic E-state index is -0.884. The lowest BCUT2D eigenvalue weighted by Crippen LogP contribution is -2.24. The smallest absolute Gasteiger partial charge is 0.342 e. The van der Waals surface area contributed by atoms with Gasteiger partial charge in [-0.25, -0.2) is 4.79 Å². The molecular weight excluding hydrogens is 296 g/mol. The van der Waals surface area contributed by atoms with E-state index in [1.54, 1.807) is 59.1 Å². The van der Waals surface area contributed by atoms with Crippen LogP contribution in [0.3, 0.4) is 0 Å². The molecular formula is C18H20O5. The standard InChI is InChI=1S/C18H20O5/c1-10-11(2)22-12(3)16(10)18(20)23-13(4)17(19)14-6-8-15(21-5)9-7-14/h6-9,13H,1-5H3/t13-/m0/s1. The van der Waals surface area contributed by atoms with E-state index in [1.807, 2.05) is 0 Å². The molecule has 0 saturated carbocycles. The molecule has 0 bridgehead atoms. The minimum Gasteiger partial charge on any atom is -0.497 e. The Morgan fingerprint density at radius 3 is 2.13 bits per heavy atom. The molecule has 0 fully saturated rings. The molecule has 0 spiro atoms. The summed E-state index contributed by atoms with van der Waals surface area (Å²) in [5.74, 6) is 1.01. The predicted octanol–water partition coefficient (Wildman–Crippen LogP) is 3.64. The van der Waals surface area contributed by atoms with E-state index in [-0.39, 0.29) is 5.78 Å². The molecule has 0 aliphatic carbocycles. The van der Waals surface area contributed by atoms with E-state index in [0.717, 1.165) is 5.56 Å². The van der Waals surface area contributed by atoms with Crippen LogP contribution < -0.4 is 4.74 Å². The molecule has 0 amide bonds. The second-order valence-corrected chi connectivity index (χ2v) is 5.35. The van der Waals surface area contributed by atoms with Crippen molar-refractivity contribution in [3.05, 3.63) is 52.5 Å². The van der Waals surface area contributed by atoms with Crippen LogP contribution in [0, 0.1) is 20.8 Å². The molecule has 0 radical (unpaired) electrons. The van der Waals surface area contributed by atoms with Gasteiger partial charge in [-0.05, 0) is 52.0 Å². The van der Waals surface area contributed by atoms with Gasteiger partial charge in [0.1, 0.15) is 22.8 Å². The van der Waals surface area contributed by atoms with Crippen molar-refractivity contribution in [1.29, 1.82) is 0 Å². The molecule has 1 atom stereocenters. The summed E-state index contributed by atoms with van der Waals surface area (Å²) in [6.07, 6.45) is -0.884. The first-order chi connectivity index (χ1) is 10.8. The maximum atomic E-state index is 12.3. The Bertz CT molecular complexity index is 725. The molecule has 5 heteroatoms. The van der Waals surface area contributed by atoms with E-state index in [1.165, 1.54) is 0 Å². The first kappa shape index (κ1) is 16.8. The number of ether oxygens (including phenoxy) is 2. The summed E-state index contributed by atoms with van der Waals surface area (Å²) >= 11 is 0. The lowest BCUT2D eigenvalue weighted by molar-refractivity contribution is 0.0316. The summed E-state index contributed by atoms with van der Waals surface area (Å²) < 4.78 is 15.8. The first-order valence-electron chi connectivity index (χ1n) is 7.31. The highest BCUT2D eigenvalue weighted by Gasteiger charge is 2.25. The van der Waals surface area contributed by atoms with Crippen molar-refractivity contribution in [2.75, 3.05) is 7.11 Å². The van der Waals surface area contributed by atoms with Gasteiger partial charge in [-0.15, -0.1) is 0 Å². The topological polar surface area (TPSA) is 65.7 Å². The van der Waals surface area contributed by atoms with Gasteiger partial charge in [0.05, 0.1) is 7.11 Å². The number of furan rings is 1. The molecule has 1 aromatic heterocycles. The van der Waals surface area contributed by atoms with Gasteiger partial charge in [-0.1, -0.05) is 0 Å². The number of ketones is 1. The second kappa shape index (κ2) is 6.69. The van der Waals surface area contributed by atoms with E-state index in [4.69, 9.17) is 13.9 Å². The average molecular weight is 316 g/mol. The number of carbonyl (C=O) groups is 2. The number of rotatable bonds is 5. The third-order valence-corrected chi connectivity index (χ3v) is 3.79. The zero-order valence-electron chi connectivity index (χ0n) is 13.9. The fourth-order valence-electron chi connectivity index (χ4n) is 2.36. The largest absolute Gasteiger partial charge is 0.497 e. The lowest BCUT2D eigenvalue weighted by Gasteiger charge is -2.12. The van der Waals surface area contributed by atoms with Crippen LogP contribution in [0.1, 0.15) is 44.7 Å². The van der Waals surface area contributed by atoms with E-state index in [0.29, 0.717) is 28.4 Å². The van der Waals surface area contributed by atoms with Gasteiger partial charge < -0.3 is 13.9 Å². The third-order valence-electron chi connectivity index (χ3n) is 3.79. The molecule has 23 heavy (non-hydrogen) atoms. The number of hydrogen-bond acceptors (Lipinski definition) is 5. The highest BCUT2D eigenvalue weighted by molar-refractivity contribution is 6.01. The Balaban J connectivity index is 2.12. The number of hydrogen-bond donors (Lipinski definition) is 0. The van der Waals surface area contributed by atoms with Crippen LogP contribution in [-0.2, 0) is 4.74 Å². The summed E-state index contributed by atoms with van der Waals surface area (Å²) in [6, 6.07) is 6.67. The Morgan fingerprint density at radius 2 is 1.65 bits per heavy atom. The molecule has 2 aromatic rings. The number of Topliss-reactive ketones (excluding diaryl/α,β-unsaturated/α-hetero) is 1. The number of carbonyl (C=O) groups excluding carboxylic acids is 2. The molecule has 122 valence electrons. The molecule has 5 nitrogen and oxygen atoms in total. The summed E-state index contributed by atoms with van der Waals surface area (Å²) in [7, 11) is 1.55.